The summed E-state index contributed by atoms with van der Waals surface area (Å²) in [6.45, 7) is 1.86. The maximum Gasteiger partial charge on any atom is 0.279 e. The summed E-state index contributed by atoms with van der Waals surface area (Å²) in [5.41, 5.74) is 5.84. The first-order valence-electron chi connectivity index (χ1n) is 9.59. The van der Waals surface area contributed by atoms with Crippen LogP contribution in [-0.2, 0) is 14.6 Å². The Bertz CT molecular complexity index is 1120. The van der Waals surface area contributed by atoms with Gasteiger partial charge in [-0.15, -0.1) is 0 Å². The third kappa shape index (κ3) is 8.85. The van der Waals surface area contributed by atoms with Crippen molar-refractivity contribution in [3.8, 4) is 17.2 Å². The Morgan fingerprint density at radius 3 is 2.45 bits per heavy atom. The highest BCUT2D eigenvalue weighted by Crippen LogP contribution is 2.29. The van der Waals surface area contributed by atoms with E-state index in [1.807, 2.05) is 0 Å². The van der Waals surface area contributed by atoms with Crippen molar-refractivity contribution in [2.24, 2.45) is 15.1 Å². The molecule has 1 amide bonds. The molecule has 2 aromatic rings. The van der Waals surface area contributed by atoms with Crippen molar-refractivity contribution >= 4 is 39.1 Å². The molecule has 33 heavy (non-hydrogen) atoms. The van der Waals surface area contributed by atoms with Crippen molar-refractivity contribution in [2.45, 2.75) is 17.9 Å². The van der Waals surface area contributed by atoms with Crippen LogP contribution in [0.25, 0.3) is 0 Å². The summed E-state index contributed by atoms with van der Waals surface area (Å²) < 4.78 is 43.7. The first-order valence-corrected chi connectivity index (χ1v) is 12.3. The number of rotatable bonds is 10. The topological polar surface area (TPSA) is 150 Å². The third-order valence-electron chi connectivity index (χ3n) is 3.87. The second-order valence-electron chi connectivity index (χ2n) is 6.74. The Balaban J connectivity index is 2.34. The van der Waals surface area contributed by atoms with Crippen LogP contribution in [-0.4, -0.2) is 63.5 Å². The lowest BCUT2D eigenvalue weighted by molar-refractivity contribution is 0.0915. The zero-order valence-electron chi connectivity index (χ0n) is 18.3. The molecule has 0 heterocycles. The standard InChI is InChI=1S/C21H25N3O7S2/c1-14(13-29-2)30-17-10-15(20(26)24-21(22)32-23-8-9-25)11-18(12-17)31-16-4-6-19(7-5-16)33(3,27)28/h4-8,10-12,14,25H,9,13H2,1-3H3,(H2,22,24,26)/b23-8+. The number of sulfone groups is 1. The number of hydrogen-bond acceptors (Lipinski definition) is 9. The molecule has 0 saturated carbocycles. The van der Waals surface area contributed by atoms with E-state index in [1.54, 1.807) is 20.1 Å². The molecule has 2 aromatic carbocycles. The Hall–Kier alpha value is -2.93. The number of nitrogens with two attached hydrogens (primary N) is 1. The predicted octanol–water partition coefficient (Wildman–Crippen LogP) is 2.46. The van der Waals surface area contributed by atoms with Gasteiger partial charge in [0.15, 0.2) is 15.0 Å². The van der Waals surface area contributed by atoms with Crippen LogP contribution < -0.4 is 15.2 Å². The molecule has 0 saturated heterocycles. The number of aliphatic hydroxyl groups excluding tert-OH is 1. The second kappa shape index (κ2) is 12.3. The maximum atomic E-state index is 12.6. The fourth-order valence-corrected chi connectivity index (χ4v) is 3.53. The highest BCUT2D eigenvalue weighted by molar-refractivity contribution is 8.12. The molecule has 0 aliphatic carbocycles. The maximum absolute atomic E-state index is 12.6. The normalized spacial score (nSPS) is 13.2. The van der Waals surface area contributed by atoms with Crippen molar-refractivity contribution in [2.75, 3.05) is 26.6 Å². The predicted molar refractivity (Wildman–Crippen MR) is 127 cm³/mol. The average molecular weight is 496 g/mol. The van der Waals surface area contributed by atoms with E-state index < -0.39 is 15.7 Å². The first kappa shape index (κ1) is 26.3. The van der Waals surface area contributed by atoms with Crippen LogP contribution in [0.15, 0.2) is 56.8 Å². The summed E-state index contributed by atoms with van der Waals surface area (Å²) >= 11 is 0.744. The summed E-state index contributed by atoms with van der Waals surface area (Å²) in [7, 11) is -1.80. The van der Waals surface area contributed by atoms with E-state index in [9.17, 15) is 13.2 Å². The van der Waals surface area contributed by atoms with Gasteiger partial charge in [0.2, 0.25) is 0 Å². The molecule has 0 aromatic heterocycles. The fraction of sp³-hybridized carbons (Fsp3) is 0.286. The molecule has 1 atom stereocenters. The van der Waals surface area contributed by atoms with Gasteiger partial charge in [-0.05, 0) is 43.3 Å². The van der Waals surface area contributed by atoms with E-state index >= 15 is 0 Å². The summed E-state index contributed by atoms with van der Waals surface area (Å²) in [4.78, 5) is 16.6. The van der Waals surface area contributed by atoms with Crippen LogP contribution in [0.4, 0.5) is 0 Å². The van der Waals surface area contributed by atoms with Crippen molar-refractivity contribution < 1.29 is 32.5 Å². The molecule has 0 aliphatic rings. The van der Waals surface area contributed by atoms with Gasteiger partial charge >= 0.3 is 0 Å². The molecule has 0 aliphatic heterocycles. The molecule has 10 nitrogen and oxygen atoms in total. The zero-order valence-corrected chi connectivity index (χ0v) is 19.9. The number of benzene rings is 2. The van der Waals surface area contributed by atoms with Crippen LogP contribution in [0.2, 0.25) is 0 Å². The van der Waals surface area contributed by atoms with Gasteiger partial charge < -0.3 is 25.1 Å². The molecule has 12 heteroatoms. The largest absolute Gasteiger partial charge is 0.488 e. The molecular weight excluding hydrogens is 470 g/mol. The minimum Gasteiger partial charge on any atom is -0.488 e. The number of ether oxygens (including phenoxy) is 3. The number of amides is 1. The van der Waals surface area contributed by atoms with Crippen LogP contribution in [0.5, 0.6) is 17.2 Å². The van der Waals surface area contributed by atoms with E-state index in [0.29, 0.717) is 18.1 Å². The lowest BCUT2D eigenvalue weighted by Crippen LogP contribution is -2.18. The smallest absolute Gasteiger partial charge is 0.279 e. The van der Waals surface area contributed by atoms with Gasteiger partial charge in [-0.1, -0.05) is 0 Å². The molecule has 0 bridgehead atoms. The van der Waals surface area contributed by atoms with Gasteiger partial charge in [0.25, 0.3) is 5.91 Å². The van der Waals surface area contributed by atoms with E-state index in [1.165, 1.54) is 42.6 Å². The SMILES string of the molecule is COCC(C)Oc1cc(Oc2ccc(S(C)(=O)=O)cc2)cc(C(=O)N=C(N)S/N=C/CO)c1. The van der Waals surface area contributed by atoms with Crippen LogP contribution in [0, 0.1) is 0 Å². The minimum absolute atomic E-state index is 0.109. The first-order chi connectivity index (χ1) is 15.6. The molecule has 0 fully saturated rings. The lowest BCUT2D eigenvalue weighted by Gasteiger charge is -2.16. The van der Waals surface area contributed by atoms with Crippen LogP contribution in [0.3, 0.4) is 0 Å². The lowest BCUT2D eigenvalue weighted by atomic mass is 10.2. The van der Waals surface area contributed by atoms with Crippen LogP contribution in [0.1, 0.15) is 17.3 Å². The van der Waals surface area contributed by atoms with Crippen molar-refractivity contribution in [3.05, 3.63) is 48.0 Å². The van der Waals surface area contributed by atoms with E-state index in [0.717, 1.165) is 18.2 Å². The van der Waals surface area contributed by atoms with E-state index in [2.05, 4.69) is 9.39 Å². The molecule has 0 radical (unpaired) electrons. The molecule has 1 unspecified atom stereocenters. The van der Waals surface area contributed by atoms with Gasteiger partial charge in [-0.25, -0.2) is 12.8 Å². The summed E-state index contributed by atoms with van der Waals surface area (Å²) in [6, 6.07) is 10.4. The number of amidine groups is 1. The Kier molecular flexibility index (Phi) is 9.85. The zero-order chi connectivity index (χ0) is 24.4. The highest BCUT2D eigenvalue weighted by atomic mass is 32.2. The Morgan fingerprint density at radius 2 is 1.85 bits per heavy atom. The Morgan fingerprint density at radius 1 is 1.18 bits per heavy atom. The summed E-state index contributed by atoms with van der Waals surface area (Å²) in [5.74, 6) is 0.321. The minimum atomic E-state index is -3.34. The Labute approximate surface area is 196 Å². The molecular formula is C21H25N3O7S2. The number of aliphatic imine (C=N–C) groups is 1. The van der Waals surface area contributed by atoms with E-state index in [-0.39, 0.29) is 34.1 Å². The summed E-state index contributed by atoms with van der Waals surface area (Å²) in [5, 5.41) is 8.60. The number of nitrogens with zero attached hydrogens (tertiary/aromatic N) is 2. The molecule has 3 N–H and O–H groups in total. The summed E-state index contributed by atoms with van der Waals surface area (Å²) in [6.07, 6.45) is 2.02. The number of carbonyl (C=O) groups excluding carboxylic acids is 1. The number of aliphatic hydroxyl groups is 1. The monoisotopic (exact) mass is 495 g/mol. The van der Waals surface area contributed by atoms with Crippen molar-refractivity contribution in [1.82, 2.24) is 0 Å². The molecule has 2 rings (SSSR count). The van der Waals surface area contributed by atoms with Gasteiger partial charge in [-0.3, -0.25) is 4.79 Å². The molecule has 0 spiro atoms. The highest BCUT2D eigenvalue weighted by Gasteiger charge is 2.14. The van der Waals surface area contributed by atoms with Gasteiger partial charge in [0, 0.05) is 43.2 Å². The number of hydrogen-bond donors (Lipinski definition) is 2. The van der Waals surface area contributed by atoms with Crippen LogP contribution >= 0.6 is 11.9 Å². The fourth-order valence-electron chi connectivity index (χ4n) is 2.52. The third-order valence-corrected chi connectivity index (χ3v) is 5.53. The molecule has 178 valence electrons. The van der Waals surface area contributed by atoms with E-state index in [4.69, 9.17) is 25.1 Å². The second-order valence-corrected chi connectivity index (χ2v) is 9.57. The quantitative estimate of drug-likeness (QED) is 0.288. The van der Waals surface area contributed by atoms with Gasteiger partial charge in [0.1, 0.15) is 23.4 Å². The van der Waals surface area contributed by atoms with Crippen molar-refractivity contribution in [1.29, 1.82) is 0 Å². The van der Waals surface area contributed by atoms with Gasteiger partial charge in [-0.2, -0.15) is 4.99 Å². The van der Waals surface area contributed by atoms with Crippen molar-refractivity contribution in [3.63, 3.8) is 0 Å². The number of methoxy groups -OCH3 is 1. The average Bonchev–Trinajstić information content (AvgIpc) is 2.73. The van der Waals surface area contributed by atoms with Gasteiger partial charge in [0.05, 0.1) is 18.1 Å². The number of carbonyl (C=O) groups is 1.